The normalized spacial score (nSPS) is 10.6. The maximum Gasteiger partial charge on any atom is 0.133 e. The van der Waals surface area contributed by atoms with Gasteiger partial charge in [0.1, 0.15) is 11.5 Å². The van der Waals surface area contributed by atoms with Crippen LogP contribution in [-0.2, 0) is 6.54 Å². The molecule has 0 amide bonds. The smallest absolute Gasteiger partial charge is 0.133 e. The Balaban J connectivity index is 2.17. The standard InChI is InChI=1S/C16H17Cl2NO/c1-2-10-19-11-14-15(18)4-3-5-16(14)20-13-8-6-12(17)7-9-13/h3-9,19H,2,10-11H2,1H3. The van der Waals surface area contributed by atoms with E-state index in [1.165, 1.54) is 0 Å². The summed E-state index contributed by atoms with van der Waals surface area (Å²) in [6.07, 6.45) is 1.08. The first-order chi connectivity index (χ1) is 9.70. The second kappa shape index (κ2) is 7.53. The van der Waals surface area contributed by atoms with E-state index in [1.54, 1.807) is 12.1 Å². The molecule has 0 heterocycles. The van der Waals surface area contributed by atoms with E-state index in [9.17, 15) is 0 Å². The zero-order chi connectivity index (χ0) is 14.4. The van der Waals surface area contributed by atoms with E-state index >= 15 is 0 Å². The SMILES string of the molecule is CCCNCc1c(Cl)cccc1Oc1ccc(Cl)cc1. The molecule has 0 aliphatic heterocycles. The number of hydrogen-bond acceptors (Lipinski definition) is 2. The molecule has 0 fully saturated rings. The monoisotopic (exact) mass is 309 g/mol. The molecular weight excluding hydrogens is 293 g/mol. The van der Waals surface area contributed by atoms with Crippen molar-refractivity contribution in [2.45, 2.75) is 19.9 Å². The number of benzene rings is 2. The molecule has 0 spiro atoms. The van der Waals surface area contributed by atoms with Crippen LogP contribution in [0.15, 0.2) is 42.5 Å². The second-order valence-corrected chi connectivity index (χ2v) is 5.29. The van der Waals surface area contributed by atoms with E-state index in [0.717, 1.165) is 30.0 Å². The van der Waals surface area contributed by atoms with Crippen LogP contribution in [0.4, 0.5) is 0 Å². The predicted molar refractivity (Wildman–Crippen MR) is 85.0 cm³/mol. The minimum atomic E-state index is 0.688. The fraction of sp³-hybridized carbons (Fsp3) is 0.250. The van der Waals surface area contributed by atoms with Crippen molar-refractivity contribution in [3.63, 3.8) is 0 Å². The minimum Gasteiger partial charge on any atom is -0.457 e. The Morgan fingerprint density at radius 3 is 2.50 bits per heavy atom. The molecule has 106 valence electrons. The number of halogens is 2. The van der Waals surface area contributed by atoms with Crippen molar-refractivity contribution in [2.75, 3.05) is 6.54 Å². The van der Waals surface area contributed by atoms with Gasteiger partial charge in [0.15, 0.2) is 0 Å². The predicted octanol–water partition coefficient (Wildman–Crippen LogP) is 5.29. The third kappa shape index (κ3) is 4.14. The maximum atomic E-state index is 6.26. The lowest BCUT2D eigenvalue weighted by Gasteiger charge is -2.13. The Bertz CT molecular complexity index is 555. The highest BCUT2D eigenvalue weighted by atomic mass is 35.5. The third-order valence-electron chi connectivity index (χ3n) is 2.85. The van der Waals surface area contributed by atoms with E-state index in [2.05, 4.69) is 12.2 Å². The highest BCUT2D eigenvalue weighted by Crippen LogP contribution is 2.30. The average Bonchev–Trinajstić information content (AvgIpc) is 2.44. The molecule has 0 aromatic heterocycles. The van der Waals surface area contributed by atoms with Crippen LogP contribution in [0.3, 0.4) is 0 Å². The van der Waals surface area contributed by atoms with Crippen LogP contribution in [0.25, 0.3) is 0 Å². The summed E-state index contributed by atoms with van der Waals surface area (Å²) in [6.45, 7) is 3.77. The first kappa shape index (κ1) is 15.2. The quantitative estimate of drug-likeness (QED) is 0.732. The molecule has 20 heavy (non-hydrogen) atoms. The lowest BCUT2D eigenvalue weighted by molar-refractivity contribution is 0.473. The Morgan fingerprint density at radius 2 is 1.80 bits per heavy atom. The molecule has 4 heteroatoms. The van der Waals surface area contributed by atoms with Crippen molar-refractivity contribution in [1.29, 1.82) is 0 Å². The summed E-state index contributed by atoms with van der Waals surface area (Å²) in [5, 5.41) is 4.74. The molecule has 0 aliphatic carbocycles. The fourth-order valence-electron chi connectivity index (χ4n) is 1.83. The van der Waals surface area contributed by atoms with Crippen molar-refractivity contribution in [3.8, 4) is 11.5 Å². The molecule has 0 radical (unpaired) electrons. The summed E-state index contributed by atoms with van der Waals surface area (Å²) in [5.41, 5.74) is 0.970. The van der Waals surface area contributed by atoms with Gasteiger partial charge in [-0.3, -0.25) is 0 Å². The van der Waals surface area contributed by atoms with E-state index < -0.39 is 0 Å². The lowest BCUT2D eigenvalue weighted by Crippen LogP contribution is -2.14. The Labute approximate surface area is 129 Å². The van der Waals surface area contributed by atoms with Crippen molar-refractivity contribution in [1.82, 2.24) is 5.32 Å². The Morgan fingerprint density at radius 1 is 1.05 bits per heavy atom. The number of hydrogen-bond donors (Lipinski definition) is 1. The van der Waals surface area contributed by atoms with E-state index in [0.29, 0.717) is 16.6 Å². The van der Waals surface area contributed by atoms with E-state index in [1.807, 2.05) is 30.3 Å². The van der Waals surface area contributed by atoms with Gasteiger partial charge in [-0.05, 0) is 49.4 Å². The largest absolute Gasteiger partial charge is 0.457 e. The molecule has 2 rings (SSSR count). The fourth-order valence-corrected chi connectivity index (χ4v) is 2.18. The second-order valence-electron chi connectivity index (χ2n) is 4.45. The molecule has 0 aliphatic rings. The van der Waals surface area contributed by atoms with Crippen LogP contribution in [0.5, 0.6) is 11.5 Å². The molecule has 2 aromatic carbocycles. The lowest BCUT2D eigenvalue weighted by atomic mass is 10.2. The first-order valence-corrected chi connectivity index (χ1v) is 7.38. The van der Waals surface area contributed by atoms with Gasteiger partial charge in [0, 0.05) is 22.2 Å². The highest BCUT2D eigenvalue weighted by Gasteiger charge is 2.08. The van der Waals surface area contributed by atoms with Gasteiger partial charge in [0.2, 0.25) is 0 Å². The van der Waals surface area contributed by atoms with Crippen LogP contribution < -0.4 is 10.1 Å². The number of rotatable bonds is 6. The average molecular weight is 310 g/mol. The first-order valence-electron chi connectivity index (χ1n) is 6.62. The molecule has 2 aromatic rings. The molecule has 0 atom stereocenters. The van der Waals surface area contributed by atoms with Gasteiger partial charge in [0.05, 0.1) is 0 Å². The summed E-state index contributed by atoms with van der Waals surface area (Å²) in [6, 6.07) is 13.0. The van der Waals surface area contributed by atoms with Gasteiger partial charge < -0.3 is 10.1 Å². The molecule has 2 nitrogen and oxygen atoms in total. The van der Waals surface area contributed by atoms with Gasteiger partial charge in [-0.1, -0.05) is 36.2 Å². The van der Waals surface area contributed by atoms with Crippen LogP contribution in [-0.4, -0.2) is 6.54 Å². The van der Waals surface area contributed by atoms with E-state index in [4.69, 9.17) is 27.9 Å². The van der Waals surface area contributed by atoms with Gasteiger partial charge in [-0.2, -0.15) is 0 Å². The van der Waals surface area contributed by atoms with Crippen molar-refractivity contribution in [3.05, 3.63) is 58.1 Å². The number of ether oxygens (including phenoxy) is 1. The van der Waals surface area contributed by atoms with Gasteiger partial charge in [-0.15, -0.1) is 0 Å². The van der Waals surface area contributed by atoms with E-state index in [-0.39, 0.29) is 0 Å². The summed E-state index contributed by atoms with van der Waals surface area (Å²) in [5.74, 6) is 1.51. The third-order valence-corrected chi connectivity index (χ3v) is 3.45. The summed E-state index contributed by atoms with van der Waals surface area (Å²) in [7, 11) is 0. The van der Waals surface area contributed by atoms with Gasteiger partial charge in [0.25, 0.3) is 0 Å². The summed E-state index contributed by atoms with van der Waals surface area (Å²) in [4.78, 5) is 0. The molecule has 1 N–H and O–H groups in total. The molecular formula is C16H17Cl2NO. The van der Waals surface area contributed by atoms with Crippen LogP contribution in [0, 0.1) is 0 Å². The minimum absolute atomic E-state index is 0.688. The topological polar surface area (TPSA) is 21.3 Å². The van der Waals surface area contributed by atoms with Gasteiger partial charge >= 0.3 is 0 Å². The summed E-state index contributed by atoms with van der Waals surface area (Å²) < 4.78 is 5.89. The maximum absolute atomic E-state index is 6.26. The molecule has 0 saturated heterocycles. The van der Waals surface area contributed by atoms with Crippen LogP contribution in [0.1, 0.15) is 18.9 Å². The van der Waals surface area contributed by atoms with Crippen molar-refractivity contribution in [2.24, 2.45) is 0 Å². The van der Waals surface area contributed by atoms with Gasteiger partial charge in [-0.25, -0.2) is 0 Å². The highest BCUT2D eigenvalue weighted by molar-refractivity contribution is 6.31. The van der Waals surface area contributed by atoms with Crippen molar-refractivity contribution >= 4 is 23.2 Å². The Kier molecular flexibility index (Phi) is 5.72. The van der Waals surface area contributed by atoms with Crippen LogP contribution in [0.2, 0.25) is 10.0 Å². The van der Waals surface area contributed by atoms with Crippen molar-refractivity contribution < 1.29 is 4.74 Å². The summed E-state index contributed by atoms with van der Waals surface area (Å²) >= 11 is 12.1. The number of nitrogens with one attached hydrogen (secondary N) is 1. The zero-order valence-electron chi connectivity index (χ0n) is 11.3. The Hall–Kier alpha value is -1.22. The zero-order valence-corrected chi connectivity index (χ0v) is 12.8. The molecule has 0 saturated carbocycles. The molecule has 0 unspecified atom stereocenters. The molecule has 0 bridgehead atoms. The van der Waals surface area contributed by atoms with Crippen LogP contribution >= 0.6 is 23.2 Å².